The van der Waals surface area contributed by atoms with Crippen LogP contribution in [-0.4, -0.2) is 27.7 Å². The Morgan fingerprint density at radius 3 is 2.62 bits per heavy atom. The number of nitrogens with one attached hydrogen (secondary N) is 1. The first-order valence-electron chi connectivity index (χ1n) is 13.0. The van der Waals surface area contributed by atoms with Crippen molar-refractivity contribution in [1.29, 1.82) is 0 Å². The Hall–Kier alpha value is -4.00. The Labute approximate surface area is 215 Å². The van der Waals surface area contributed by atoms with Crippen LogP contribution in [0.15, 0.2) is 59.7 Å². The summed E-state index contributed by atoms with van der Waals surface area (Å²) in [6.07, 6.45) is 13.9. The van der Waals surface area contributed by atoms with Gasteiger partial charge in [0.05, 0.1) is 46.3 Å². The van der Waals surface area contributed by atoms with Crippen molar-refractivity contribution in [3.8, 4) is 23.0 Å². The Bertz CT molecular complexity index is 1590. The summed E-state index contributed by atoms with van der Waals surface area (Å²) in [5.41, 5.74) is 4.31. The molecule has 0 radical (unpaired) electrons. The van der Waals surface area contributed by atoms with Crippen molar-refractivity contribution in [2.45, 2.75) is 51.0 Å². The maximum atomic E-state index is 13.8. The van der Waals surface area contributed by atoms with E-state index in [0.717, 1.165) is 70.2 Å². The Kier molecular flexibility index (Phi) is 6.43. The van der Waals surface area contributed by atoms with E-state index in [-0.39, 0.29) is 11.9 Å². The molecule has 188 valence electrons. The van der Waals surface area contributed by atoms with Gasteiger partial charge >= 0.3 is 0 Å². The van der Waals surface area contributed by atoms with Crippen molar-refractivity contribution in [2.75, 3.05) is 12.4 Å². The highest BCUT2D eigenvalue weighted by Gasteiger charge is 2.18. The molecule has 37 heavy (non-hydrogen) atoms. The summed E-state index contributed by atoms with van der Waals surface area (Å²) in [4.78, 5) is 14.6. The van der Waals surface area contributed by atoms with E-state index >= 15 is 0 Å². The van der Waals surface area contributed by atoms with Gasteiger partial charge in [0.15, 0.2) is 0 Å². The quantitative estimate of drug-likeness (QED) is 0.430. The van der Waals surface area contributed by atoms with Gasteiger partial charge in [0.1, 0.15) is 11.5 Å². The van der Waals surface area contributed by atoms with E-state index in [2.05, 4.69) is 39.2 Å². The van der Waals surface area contributed by atoms with Gasteiger partial charge in [0, 0.05) is 11.9 Å². The van der Waals surface area contributed by atoms with E-state index < -0.39 is 0 Å². The first-order chi connectivity index (χ1) is 18.2. The molecule has 1 aromatic carbocycles. The van der Waals surface area contributed by atoms with Gasteiger partial charge in [-0.3, -0.25) is 4.99 Å². The molecule has 7 heteroatoms. The zero-order valence-corrected chi connectivity index (χ0v) is 21.0. The number of hydrogen-bond donors (Lipinski definition) is 1. The molecule has 3 aliphatic carbocycles. The molecule has 0 saturated heterocycles. The van der Waals surface area contributed by atoms with Crippen molar-refractivity contribution < 1.29 is 9.13 Å². The second-order valence-corrected chi connectivity index (χ2v) is 9.64. The van der Waals surface area contributed by atoms with Gasteiger partial charge < -0.3 is 14.6 Å². The maximum Gasteiger partial charge on any atom is 0.237 e. The molecular formula is C30H30FN5O. The minimum atomic E-state index is -0.253. The lowest BCUT2D eigenvalue weighted by Gasteiger charge is -2.21. The highest BCUT2D eigenvalue weighted by Crippen LogP contribution is 2.28. The predicted molar refractivity (Wildman–Crippen MR) is 144 cm³/mol. The fourth-order valence-electron chi connectivity index (χ4n) is 5.33. The highest BCUT2D eigenvalue weighted by atomic mass is 19.1. The van der Waals surface area contributed by atoms with Crippen LogP contribution in [0.4, 0.5) is 15.8 Å². The van der Waals surface area contributed by atoms with E-state index in [1.165, 1.54) is 31.4 Å². The van der Waals surface area contributed by atoms with Crippen LogP contribution in [0.25, 0.3) is 29.2 Å². The second kappa shape index (κ2) is 10.2. The number of anilines is 2. The van der Waals surface area contributed by atoms with Gasteiger partial charge in [-0.1, -0.05) is 31.4 Å². The topological polar surface area (TPSA) is 64.3 Å². The van der Waals surface area contributed by atoms with Gasteiger partial charge in [-0.2, -0.15) is 0 Å². The van der Waals surface area contributed by atoms with Crippen LogP contribution in [0.3, 0.4) is 0 Å². The monoisotopic (exact) mass is 495 g/mol. The molecule has 0 bridgehead atoms. The Morgan fingerprint density at radius 1 is 1.00 bits per heavy atom. The number of pyridine rings is 1. The summed E-state index contributed by atoms with van der Waals surface area (Å²) in [6.45, 7) is 0. The third kappa shape index (κ3) is 4.73. The van der Waals surface area contributed by atoms with Crippen molar-refractivity contribution in [1.82, 2.24) is 14.5 Å². The number of benzene rings is 2. The fourth-order valence-corrected chi connectivity index (χ4v) is 5.33. The predicted octanol–water partition coefficient (Wildman–Crippen LogP) is 4.85. The molecule has 2 aromatic rings. The third-order valence-corrected chi connectivity index (χ3v) is 7.14. The lowest BCUT2D eigenvalue weighted by Crippen LogP contribution is -2.40. The molecule has 1 fully saturated rings. The van der Waals surface area contributed by atoms with Crippen molar-refractivity contribution in [3.63, 3.8) is 0 Å². The molecule has 1 aromatic heterocycles. The molecule has 0 atom stereocenters. The van der Waals surface area contributed by atoms with Crippen LogP contribution in [0.5, 0.6) is 5.88 Å². The van der Waals surface area contributed by atoms with Gasteiger partial charge in [0.2, 0.25) is 5.88 Å². The normalized spacial score (nSPS) is 16.1. The smallest absolute Gasteiger partial charge is 0.237 e. The average Bonchev–Trinajstić information content (AvgIpc) is 2.94. The first kappa shape index (κ1) is 23.4. The van der Waals surface area contributed by atoms with E-state index in [1.807, 2.05) is 24.3 Å². The number of halogens is 1. The van der Waals surface area contributed by atoms with Crippen LogP contribution >= 0.6 is 0 Å². The molecule has 0 spiro atoms. The van der Waals surface area contributed by atoms with Gasteiger partial charge in [-0.15, -0.1) is 0 Å². The number of rotatable bonds is 5. The van der Waals surface area contributed by atoms with E-state index in [0.29, 0.717) is 5.88 Å². The minimum Gasteiger partial charge on any atom is -0.480 e. The van der Waals surface area contributed by atoms with Gasteiger partial charge in [-0.25, -0.2) is 14.4 Å². The number of ether oxygens (including phenoxy) is 1. The SMILES string of the molecule is COc1ncccc1Nc1cc2nc3c(n(-c4ccc(F)cc4)c-2cc1=NC1CCCCC1)=CCCC=3. The number of hydrogen-bond acceptors (Lipinski definition) is 5. The molecule has 1 N–H and O–H groups in total. The van der Waals surface area contributed by atoms with Gasteiger partial charge in [0.25, 0.3) is 0 Å². The first-order valence-corrected chi connectivity index (χ1v) is 13.0. The number of fused-ring (bicyclic) bond motifs is 2. The molecule has 2 heterocycles. The molecule has 1 aliphatic heterocycles. The van der Waals surface area contributed by atoms with E-state index in [1.54, 1.807) is 13.3 Å². The highest BCUT2D eigenvalue weighted by molar-refractivity contribution is 5.71. The average molecular weight is 496 g/mol. The van der Waals surface area contributed by atoms with Crippen molar-refractivity contribution in [3.05, 3.63) is 76.6 Å². The van der Waals surface area contributed by atoms with Crippen LogP contribution < -0.4 is 26.1 Å². The van der Waals surface area contributed by atoms with E-state index in [9.17, 15) is 4.39 Å². The summed E-state index contributed by atoms with van der Waals surface area (Å²) in [5.74, 6) is 0.269. The summed E-state index contributed by atoms with van der Waals surface area (Å²) in [5, 5.41) is 6.37. The fraction of sp³-hybridized carbons (Fsp3) is 0.300. The van der Waals surface area contributed by atoms with E-state index in [4.69, 9.17) is 14.7 Å². The van der Waals surface area contributed by atoms with Crippen molar-refractivity contribution >= 4 is 23.5 Å². The molecule has 0 amide bonds. The maximum absolute atomic E-state index is 13.8. The van der Waals surface area contributed by atoms with Crippen LogP contribution in [0.2, 0.25) is 0 Å². The summed E-state index contributed by atoms with van der Waals surface area (Å²) in [7, 11) is 1.62. The zero-order valence-electron chi connectivity index (χ0n) is 21.0. The summed E-state index contributed by atoms with van der Waals surface area (Å²) in [6, 6.07) is 14.9. The van der Waals surface area contributed by atoms with Gasteiger partial charge in [-0.05, 0) is 74.2 Å². The largest absolute Gasteiger partial charge is 0.480 e. The van der Waals surface area contributed by atoms with Crippen molar-refractivity contribution in [2.24, 2.45) is 4.99 Å². The lowest BCUT2D eigenvalue weighted by molar-refractivity contribution is 0.400. The Balaban J connectivity index is 1.62. The minimum absolute atomic E-state index is 0.253. The molecule has 0 unspecified atom stereocenters. The number of methoxy groups -OCH3 is 1. The van der Waals surface area contributed by atoms with Crippen LogP contribution in [0, 0.1) is 5.82 Å². The summed E-state index contributed by atoms with van der Waals surface area (Å²) >= 11 is 0. The standard InChI is InChI=1S/C30H30FN5O/c1-37-30-24(11-7-17-32-30)35-25-18-27-29(19-26(25)33-21-8-3-2-4-9-21)36(22-15-13-20(31)14-16-22)28-12-6-5-10-23(28)34-27/h7,10-19,21,35H,2-6,8-9H2,1H3. The summed E-state index contributed by atoms with van der Waals surface area (Å²) < 4.78 is 21.5. The number of aromatic nitrogens is 3. The van der Waals surface area contributed by atoms with Crippen LogP contribution in [0.1, 0.15) is 44.9 Å². The third-order valence-electron chi connectivity index (χ3n) is 7.14. The Morgan fingerprint density at radius 2 is 1.81 bits per heavy atom. The second-order valence-electron chi connectivity index (χ2n) is 9.64. The lowest BCUT2D eigenvalue weighted by atomic mass is 9.96. The molecular weight excluding hydrogens is 465 g/mol. The number of nitrogens with zero attached hydrogens (tertiary/aromatic N) is 4. The molecule has 1 saturated carbocycles. The van der Waals surface area contributed by atoms with Crippen LogP contribution in [-0.2, 0) is 0 Å². The zero-order chi connectivity index (χ0) is 25.2. The molecule has 4 aliphatic rings. The molecule has 6 nitrogen and oxygen atoms in total. The molecule has 6 rings (SSSR count).